The predicted molar refractivity (Wildman–Crippen MR) is 72.6 cm³/mol. The van der Waals surface area contributed by atoms with Crippen molar-refractivity contribution in [2.45, 2.75) is 10.7 Å². The Balaban J connectivity index is 2.14. The van der Waals surface area contributed by atoms with Crippen LogP contribution in [0, 0.1) is 17.5 Å². The summed E-state index contributed by atoms with van der Waals surface area (Å²) >= 11 is 0.313. The molecule has 0 saturated carbocycles. The van der Waals surface area contributed by atoms with Crippen molar-refractivity contribution in [1.29, 1.82) is 0 Å². The molecule has 22 heavy (non-hydrogen) atoms. The third-order valence-electron chi connectivity index (χ3n) is 2.63. The van der Waals surface area contributed by atoms with E-state index in [1.165, 1.54) is 24.3 Å². The summed E-state index contributed by atoms with van der Waals surface area (Å²) in [4.78, 5) is 12.1. The molecule has 0 aliphatic carbocycles. The Labute approximate surface area is 126 Å². The first-order valence-corrected chi connectivity index (χ1v) is 6.76. The zero-order valence-corrected chi connectivity index (χ0v) is 11.6. The molecule has 0 unspecified atom stereocenters. The molecule has 2 rings (SSSR count). The maximum Gasteiger partial charge on any atom is 0.288 e. The van der Waals surface area contributed by atoms with Gasteiger partial charge in [0.2, 0.25) is 0 Å². The molecule has 0 atom stereocenters. The van der Waals surface area contributed by atoms with Gasteiger partial charge in [-0.25, -0.2) is 13.2 Å². The Hall–Kier alpha value is -2.09. The van der Waals surface area contributed by atoms with Crippen LogP contribution in [0.1, 0.15) is 10.4 Å². The van der Waals surface area contributed by atoms with Crippen molar-refractivity contribution in [1.82, 2.24) is 0 Å². The summed E-state index contributed by atoms with van der Waals surface area (Å²) < 4.78 is 63.6. The fourth-order valence-corrected chi connectivity index (χ4v) is 2.10. The van der Waals surface area contributed by atoms with Crippen LogP contribution in [-0.2, 0) is 0 Å². The van der Waals surface area contributed by atoms with Gasteiger partial charge in [0.1, 0.15) is 0 Å². The predicted octanol–water partition coefficient (Wildman–Crippen LogP) is 4.67. The topological polar surface area (TPSA) is 29.1 Å². The number of carbonyl (C=O) groups is 1. The lowest BCUT2D eigenvalue weighted by atomic mass is 10.2. The maximum absolute atomic E-state index is 13.4. The maximum atomic E-state index is 13.4. The van der Waals surface area contributed by atoms with E-state index in [9.17, 15) is 26.7 Å². The molecule has 2 aromatic rings. The first kappa shape index (κ1) is 16.3. The summed E-state index contributed by atoms with van der Waals surface area (Å²) in [5, 5.41) is 2.08. The Morgan fingerprint density at radius 3 is 2.18 bits per heavy atom. The lowest BCUT2D eigenvalue weighted by Crippen LogP contribution is -2.13. The van der Waals surface area contributed by atoms with Gasteiger partial charge in [-0.2, -0.15) is 8.78 Å². The Morgan fingerprint density at radius 2 is 1.59 bits per heavy atom. The van der Waals surface area contributed by atoms with Crippen molar-refractivity contribution in [3.05, 3.63) is 59.4 Å². The Bertz CT molecular complexity index is 690. The van der Waals surface area contributed by atoms with E-state index in [2.05, 4.69) is 5.32 Å². The van der Waals surface area contributed by atoms with Crippen molar-refractivity contribution < 1.29 is 26.7 Å². The molecule has 2 aromatic carbocycles. The van der Waals surface area contributed by atoms with Gasteiger partial charge in [-0.3, -0.25) is 4.79 Å². The van der Waals surface area contributed by atoms with Crippen molar-refractivity contribution in [2.24, 2.45) is 0 Å². The minimum atomic E-state index is -2.59. The van der Waals surface area contributed by atoms with E-state index >= 15 is 0 Å². The van der Waals surface area contributed by atoms with Crippen molar-refractivity contribution in [3.8, 4) is 0 Å². The summed E-state index contributed by atoms with van der Waals surface area (Å²) in [7, 11) is 0. The van der Waals surface area contributed by atoms with E-state index in [0.29, 0.717) is 17.8 Å². The number of amides is 1. The molecular weight excluding hydrogens is 325 g/mol. The van der Waals surface area contributed by atoms with Crippen LogP contribution in [0.25, 0.3) is 0 Å². The highest BCUT2D eigenvalue weighted by Gasteiger charge is 2.16. The molecule has 0 aliphatic rings. The molecular formula is C14H8F5NOS. The van der Waals surface area contributed by atoms with Gasteiger partial charge in [0.15, 0.2) is 17.5 Å². The average Bonchev–Trinajstić information content (AvgIpc) is 2.48. The number of carbonyl (C=O) groups excluding carboxylic acids is 1. The van der Waals surface area contributed by atoms with E-state index < -0.39 is 34.8 Å². The third-order valence-corrected chi connectivity index (χ3v) is 3.35. The van der Waals surface area contributed by atoms with Crippen LogP contribution in [0.15, 0.2) is 41.3 Å². The summed E-state index contributed by atoms with van der Waals surface area (Å²) in [5.41, 5.74) is -0.460. The largest absolute Gasteiger partial charge is 0.319 e. The molecule has 0 fully saturated rings. The van der Waals surface area contributed by atoms with Gasteiger partial charge in [0.05, 0.1) is 5.69 Å². The minimum absolute atomic E-state index is 0.0581. The van der Waals surface area contributed by atoms with E-state index in [-0.39, 0.29) is 10.5 Å². The summed E-state index contributed by atoms with van der Waals surface area (Å²) in [5.74, 6) is -7.95. The number of hydrogen-bond donors (Lipinski definition) is 1. The average molecular weight is 333 g/mol. The van der Waals surface area contributed by atoms with Gasteiger partial charge >= 0.3 is 0 Å². The first-order chi connectivity index (χ1) is 10.4. The second-order valence-corrected chi connectivity index (χ2v) is 5.14. The molecule has 0 spiro atoms. The molecule has 0 radical (unpaired) electrons. The number of benzene rings is 2. The van der Waals surface area contributed by atoms with Gasteiger partial charge < -0.3 is 5.32 Å². The van der Waals surface area contributed by atoms with E-state index in [1.807, 2.05) is 0 Å². The van der Waals surface area contributed by atoms with E-state index in [4.69, 9.17) is 0 Å². The van der Waals surface area contributed by atoms with Crippen LogP contribution >= 0.6 is 11.8 Å². The number of nitrogens with one attached hydrogen (secondary N) is 1. The van der Waals surface area contributed by atoms with Crippen LogP contribution < -0.4 is 5.32 Å². The lowest BCUT2D eigenvalue weighted by molar-refractivity contribution is 0.102. The van der Waals surface area contributed by atoms with Crippen LogP contribution in [-0.4, -0.2) is 11.7 Å². The van der Waals surface area contributed by atoms with Gasteiger partial charge in [-0.1, -0.05) is 11.8 Å². The van der Waals surface area contributed by atoms with Gasteiger partial charge in [-0.15, -0.1) is 0 Å². The van der Waals surface area contributed by atoms with Crippen LogP contribution in [0.2, 0.25) is 0 Å². The number of hydrogen-bond acceptors (Lipinski definition) is 2. The van der Waals surface area contributed by atoms with Gasteiger partial charge in [0, 0.05) is 10.5 Å². The smallest absolute Gasteiger partial charge is 0.288 e. The van der Waals surface area contributed by atoms with Crippen molar-refractivity contribution >= 4 is 23.4 Å². The van der Waals surface area contributed by atoms with Crippen molar-refractivity contribution in [2.75, 3.05) is 5.32 Å². The fourth-order valence-electron chi connectivity index (χ4n) is 1.60. The highest BCUT2D eigenvalue weighted by molar-refractivity contribution is 7.99. The van der Waals surface area contributed by atoms with E-state index in [1.54, 1.807) is 0 Å². The molecule has 1 amide bonds. The second kappa shape index (κ2) is 6.78. The number of thioether (sulfide) groups is 1. The Kier molecular flexibility index (Phi) is 5.02. The number of rotatable bonds is 4. The molecule has 8 heteroatoms. The lowest BCUT2D eigenvalue weighted by Gasteiger charge is -2.08. The zero-order chi connectivity index (χ0) is 16.3. The second-order valence-electron chi connectivity index (χ2n) is 4.08. The Morgan fingerprint density at radius 1 is 0.955 bits per heavy atom. The number of halogens is 5. The molecule has 0 aliphatic heterocycles. The normalized spacial score (nSPS) is 10.8. The highest BCUT2D eigenvalue weighted by Crippen LogP contribution is 2.25. The van der Waals surface area contributed by atoms with Crippen LogP contribution in [0.4, 0.5) is 27.6 Å². The molecule has 1 N–H and O–H groups in total. The molecule has 116 valence electrons. The zero-order valence-electron chi connectivity index (χ0n) is 10.7. The number of anilines is 1. The van der Waals surface area contributed by atoms with Gasteiger partial charge in [0.25, 0.3) is 11.7 Å². The first-order valence-electron chi connectivity index (χ1n) is 5.88. The summed E-state index contributed by atoms with van der Waals surface area (Å²) in [6.07, 6.45) is 0. The number of alkyl halides is 2. The summed E-state index contributed by atoms with van der Waals surface area (Å²) in [6, 6.07) is 6.68. The minimum Gasteiger partial charge on any atom is -0.319 e. The van der Waals surface area contributed by atoms with Crippen LogP contribution in [0.5, 0.6) is 0 Å². The molecule has 0 bridgehead atoms. The molecule has 0 heterocycles. The monoisotopic (exact) mass is 333 g/mol. The summed E-state index contributed by atoms with van der Waals surface area (Å²) in [6.45, 7) is 0. The molecule has 2 nitrogen and oxygen atoms in total. The SMILES string of the molecule is O=C(Nc1ccc(F)c(F)c1F)c1ccc(SC(F)F)cc1. The fraction of sp³-hybridized carbons (Fsp3) is 0.0714. The highest BCUT2D eigenvalue weighted by atomic mass is 32.2. The van der Waals surface area contributed by atoms with Crippen molar-refractivity contribution in [3.63, 3.8) is 0 Å². The third kappa shape index (κ3) is 3.76. The quantitative estimate of drug-likeness (QED) is 0.500. The van der Waals surface area contributed by atoms with E-state index in [0.717, 1.165) is 6.07 Å². The molecule has 0 saturated heterocycles. The standard InChI is InChI=1S/C14H8F5NOS/c15-9-5-6-10(12(17)11(9)16)20-13(21)7-1-3-8(4-2-7)22-14(18)19/h1-6,14H,(H,20,21). The van der Waals surface area contributed by atoms with Crippen LogP contribution in [0.3, 0.4) is 0 Å². The van der Waals surface area contributed by atoms with Gasteiger partial charge in [-0.05, 0) is 36.4 Å². The molecule has 0 aromatic heterocycles.